The molecule has 0 radical (unpaired) electrons. The van der Waals surface area contributed by atoms with Crippen LogP contribution >= 0.6 is 11.6 Å². The Bertz CT molecular complexity index is 1430. The number of aryl methyl sites for hydroxylation is 1. The zero-order valence-electron chi connectivity index (χ0n) is 20.8. The van der Waals surface area contributed by atoms with Crippen LogP contribution in [0, 0.1) is 6.92 Å². The molecule has 1 aliphatic heterocycles. The number of aliphatic hydroxyl groups is 1. The van der Waals surface area contributed by atoms with Crippen LogP contribution in [-0.4, -0.2) is 52.6 Å². The molecular formula is C27H29ClN2O6S. The third kappa shape index (κ3) is 6.01. The number of carbonyl (C=O) groups is 1. The molecule has 1 aliphatic rings. The summed E-state index contributed by atoms with van der Waals surface area (Å²) in [6, 6.07) is 14.5. The van der Waals surface area contributed by atoms with Gasteiger partial charge in [0.05, 0.1) is 18.6 Å². The minimum absolute atomic E-state index is 0.0113. The maximum Gasteiger partial charge on any atom is 0.254 e. The number of nitrogens with zero attached hydrogens (tertiary/aromatic N) is 1. The van der Waals surface area contributed by atoms with Crippen LogP contribution in [0.25, 0.3) is 0 Å². The summed E-state index contributed by atoms with van der Waals surface area (Å²) in [5.41, 5.74) is 3.82. The van der Waals surface area contributed by atoms with Gasteiger partial charge in [0, 0.05) is 40.8 Å². The predicted molar refractivity (Wildman–Crippen MR) is 144 cm³/mol. The molecule has 3 aromatic rings. The van der Waals surface area contributed by atoms with Crippen molar-refractivity contribution in [3.05, 3.63) is 76.3 Å². The average Bonchev–Trinajstić information content (AvgIpc) is 3.28. The molecule has 10 heteroatoms. The number of nitrogens with one attached hydrogen (secondary N) is 1. The summed E-state index contributed by atoms with van der Waals surface area (Å²) in [7, 11) is -2.11. The summed E-state index contributed by atoms with van der Waals surface area (Å²) in [6.45, 7) is 2.27. The summed E-state index contributed by atoms with van der Waals surface area (Å²) < 4.78 is 35.7. The highest BCUT2D eigenvalue weighted by Gasteiger charge is 2.33. The van der Waals surface area contributed by atoms with Gasteiger partial charge in [0.25, 0.3) is 5.91 Å². The maximum absolute atomic E-state index is 14.1. The van der Waals surface area contributed by atoms with Gasteiger partial charge >= 0.3 is 0 Å². The van der Waals surface area contributed by atoms with Crippen LogP contribution in [0.5, 0.6) is 11.5 Å². The summed E-state index contributed by atoms with van der Waals surface area (Å²) in [5, 5.41) is 13.0. The van der Waals surface area contributed by atoms with E-state index in [1.807, 2.05) is 25.1 Å². The highest BCUT2D eigenvalue weighted by molar-refractivity contribution is 7.90. The zero-order chi connectivity index (χ0) is 26.7. The first kappa shape index (κ1) is 26.8. The number of carbonyl (C=O) groups excluding carboxylic acids is 1. The van der Waals surface area contributed by atoms with Gasteiger partial charge in [-0.05, 0) is 54.8 Å². The van der Waals surface area contributed by atoms with Gasteiger partial charge in [0.15, 0.2) is 9.84 Å². The summed E-state index contributed by atoms with van der Waals surface area (Å²) in [6.07, 6.45) is 1.83. The Hall–Kier alpha value is -3.27. The fourth-order valence-electron chi connectivity index (χ4n) is 4.33. The van der Waals surface area contributed by atoms with Crippen molar-refractivity contribution < 1.29 is 27.8 Å². The van der Waals surface area contributed by atoms with Gasteiger partial charge in [0.1, 0.15) is 24.1 Å². The molecule has 2 N–H and O–H groups in total. The predicted octanol–water partition coefficient (Wildman–Crippen LogP) is 4.17. The number of sulfone groups is 1. The van der Waals surface area contributed by atoms with Crippen LogP contribution in [0.1, 0.15) is 22.7 Å². The fourth-order valence-corrected chi connectivity index (χ4v) is 5.16. The number of amides is 1. The van der Waals surface area contributed by atoms with Crippen molar-refractivity contribution in [2.45, 2.75) is 24.3 Å². The Kier molecular flexibility index (Phi) is 7.96. The SMILES string of the molecule is COc1cc(NC(C(=O)N2CCc3ccc(C)cc32)c2ccc(Cl)cc2OCCO)cc(S(C)(=O)=O)c1. The van der Waals surface area contributed by atoms with Crippen LogP contribution < -0.4 is 19.7 Å². The van der Waals surface area contributed by atoms with Gasteiger partial charge in [0.2, 0.25) is 0 Å². The van der Waals surface area contributed by atoms with E-state index < -0.39 is 15.9 Å². The molecule has 0 saturated carbocycles. The number of anilines is 2. The molecule has 3 aromatic carbocycles. The molecule has 1 atom stereocenters. The molecule has 8 nitrogen and oxygen atoms in total. The van der Waals surface area contributed by atoms with E-state index in [-0.39, 0.29) is 24.0 Å². The number of methoxy groups -OCH3 is 1. The number of ether oxygens (including phenoxy) is 2. The van der Waals surface area contributed by atoms with E-state index in [1.165, 1.54) is 19.2 Å². The van der Waals surface area contributed by atoms with Crippen molar-refractivity contribution in [2.24, 2.45) is 0 Å². The number of hydrogen-bond acceptors (Lipinski definition) is 7. The van der Waals surface area contributed by atoms with Crippen molar-refractivity contribution in [3.8, 4) is 11.5 Å². The topological polar surface area (TPSA) is 105 Å². The molecule has 1 heterocycles. The number of benzene rings is 3. The second kappa shape index (κ2) is 11.0. The Morgan fingerprint density at radius 3 is 2.65 bits per heavy atom. The number of aliphatic hydroxyl groups excluding tert-OH is 1. The van der Waals surface area contributed by atoms with Crippen molar-refractivity contribution in [2.75, 3.05) is 43.3 Å². The average molecular weight is 545 g/mol. The van der Waals surface area contributed by atoms with Gasteiger partial charge in [-0.2, -0.15) is 0 Å². The van der Waals surface area contributed by atoms with Gasteiger partial charge in [-0.3, -0.25) is 4.79 Å². The smallest absolute Gasteiger partial charge is 0.254 e. The van der Waals surface area contributed by atoms with Crippen LogP contribution in [0.2, 0.25) is 5.02 Å². The second-order valence-corrected chi connectivity index (χ2v) is 11.3. The molecule has 0 fully saturated rings. The lowest BCUT2D eigenvalue weighted by Gasteiger charge is -2.28. The minimum atomic E-state index is -3.55. The largest absolute Gasteiger partial charge is 0.497 e. The van der Waals surface area contributed by atoms with Gasteiger partial charge < -0.3 is 24.8 Å². The Morgan fingerprint density at radius 1 is 1.16 bits per heavy atom. The van der Waals surface area contributed by atoms with Gasteiger partial charge in [-0.25, -0.2) is 8.42 Å². The highest BCUT2D eigenvalue weighted by atomic mass is 35.5. The first-order valence-corrected chi connectivity index (χ1v) is 14.0. The van der Waals surface area contributed by atoms with E-state index in [4.69, 9.17) is 21.1 Å². The zero-order valence-corrected chi connectivity index (χ0v) is 22.4. The van der Waals surface area contributed by atoms with Crippen LogP contribution in [0.4, 0.5) is 11.4 Å². The van der Waals surface area contributed by atoms with E-state index in [0.717, 1.165) is 29.5 Å². The van der Waals surface area contributed by atoms with Crippen molar-refractivity contribution in [1.29, 1.82) is 0 Å². The van der Waals surface area contributed by atoms with Crippen LogP contribution in [-0.2, 0) is 21.1 Å². The molecule has 0 bridgehead atoms. The van der Waals surface area contributed by atoms with E-state index >= 15 is 0 Å². The Labute approximate surface area is 221 Å². The first-order valence-electron chi connectivity index (χ1n) is 11.7. The number of fused-ring (bicyclic) bond motifs is 1. The monoisotopic (exact) mass is 544 g/mol. The molecule has 0 saturated heterocycles. The normalized spacial score (nSPS) is 13.7. The van der Waals surface area contributed by atoms with Crippen molar-refractivity contribution >= 4 is 38.7 Å². The first-order chi connectivity index (χ1) is 17.6. The highest BCUT2D eigenvalue weighted by Crippen LogP contribution is 2.37. The lowest BCUT2D eigenvalue weighted by Crippen LogP contribution is -2.37. The molecule has 1 unspecified atom stereocenters. The third-order valence-electron chi connectivity index (χ3n) is 6.14. The summed E-state index contributed by atoms with van der Waals surface area (Å²) in [5.74, 6) is 0.415. The van der Waals surface area contributed by atoms with E-state index in [1.54, 1.807) is 29.2 Å². The number of hydrogen-bond donors (Lipinski definition) is 2. The molecule has 4 rings (SSSR count). The third-order valence-corrected chi connectivity index (χ3v) is 7.47. The van der Waals surface area contributed by atoms with E-state index in [9.17, 15) is 18.3 Å². The van der Waals surface area contributed by atoms with Gasteiger partial charge in [-0.1, -0.05) is 29.8 Å². The fraction of sp³-hybridized carbons (Fsp3) is 0.296. The Balaban J connectivity index is 1.82. The number of rotatable bonds is 9. The van der Waals surface area contributed by atoms with Crippen molar-refractivity contribution in [3.63, 3.8) is 0 Å². The molecule has 1 amide bonds. The molecule has 0 spiro atoms. The second-order valence-electron chi connectivity index (χ2n) is 8.87. The number of halogens is 1. The summed E-state index contributed by atoms with van der Waals surface area (Å²) >= 11 is 6.22. The minimum Gasteiger partial charge on any atom is -0.497 e. The van der Waals surface area contributed by atoms with Crippen LogP contribution in [0.3, 0.4) is 0 Å². The maximum atomic E-state index is 14.1. The van der Waals surface area contributed by atoms with Gasteiger partial charge in [-0.15, -0.1) is 0 Å². The molecule has 37 heavy (non-hydrogen) atoms. The standard InChI is InChI=1S/C27H29ClN2O6S/c1-17-4-5-18-8-9-30(24(18)12-17)27(32)26(23-7-6-19(28)13-25(23)36-11-10-31)29-20-14-21(35-2)16-22(15-20)37(3,33)34/h4-7,12-16,26,29,31H,8-11H2,1-3H3. The summed E-state index contributed by atoms with van der Waals surface area (Å²) in [4.78, 5) is 15.9. The Morgan fingerprint density at radius 2 is 1.95 bits per heavy atom. The molecule has 0 aromatic heterocycles. The molecule has 0 aliphatic carbocycles. The van der Waals surface area contributed by atoms with E-state index in [2.05, 4.69) is 5.32 Å². The van der Waals surface area contributed by atoms with E-state index in [0.29, 0.717) is 34.3 Å². The lowest BCUT2D eigenvalue weighted by atomic mass is 10.0. The quantitative estimate of drug-likeness (QED) is 0.416. The molecular weight excluding hydrogens is 516 g/mol. The lowest BCUT2D eigenvalue weighted by molar-refractivity contribution is -0.119. The van der Waals surface area contributed by atoms with Crippen LogP contribution in [0.15, 0.2) is 59.5 Å². The molecule has 196 valence electrons. The van der Waals surface area contributed by atoms with Crippen molar-refractivity contribution in [1.82, 2.24) is 0 Å².